The van der Waals surface area contributed by atoms with Crippen LogP contribution in [0.15, 0.2) is 22.6 Å². The number of amides is 1. The number of ketones is 1. The number of nitrogens with one attached hydrogen (secondary N) is 1. The van der Waals surface area contributed by atoms with Crippen LogP contribution in [0.1, 0.15) is 84.3 Å². The Kier molecular flexibility index (Phi) is 10.8. The molecule has 1 amide bonds. The van der Waals surface area contributed by atoms with Crippen LogP contribution in [0.5, 0.6) is 0 Å². The van der Waals surface area contributed by atoms with Crippen molar-refractivity contribution in [2.75, 3.05) is 0 Å². The van der Waals surface area contributed by atoms with Crippen molar-refractivity contribution in [1.29, 1.82) is 0 Å². The van der Waals surface area contributed by atoms with Gasteiger partial charge in [0.05, 0.1) is 42.4 Å². The van der Waals surface area contributed by atoms with E-state index in [-0.39, 0.29) is 36.7 Å². The SMILES string of the molecule is CC1=CC[C@@H](C(C)=Cc2csc(CO)n2)NC(=O)C[C@H](O)C(C)(C)C(=O)[C@H](C)[C@@H](O)[C@@H](C)CCC1. The molecule has 2 heterocycles. The number of aliphatic hydroxyl groups excluding tert-OH is 3. The van der Waals surface area contributed by atoms with Crippen molar-refractivity contribution < 1.29 is 24.9 Å². The van der Waals surface area contributed by atoms with Gasteiger partial charge in [-0.05, 0) is 57.1 Å². The fraction of sp³-hybridized carbons (Fsp3) is 0.667. The third-order valence-corrected chi connectivity index (χ3v) is 8.11. The van der Waals surface area contributed by atoms with Gasteiger partial charge in [0.25, 0.3) is 0 Å². The maximum Gasteiger partial charge on any atom is 0.223 e. The number of nitrogens with zero attached hydrogens (tertiary/aromatic N) is 1. The average molecular weight is 507 g/mol. The van der Waals surface area contributed by atoms with E-state index in [0.717, 1.165) is 30.5 Å². The third kappa shape index (κ3) is 8.07. The molecule has 1 aliphatic heterocycles. The van der Waals surface area contributed by atoms with Crippen molar-refractivity contribution in [3.8, 4) is 0 Å². The van der Waals surface area contributed by atoms with E-state index >= 15 is 0 Å². The molecule has 0 unspecified atom stereocenters. The number of aliphatic hydroxyl groups is 3. The molecule has 1 aromatic heterocycles. The van der Waals surface area contributed by atoms with Gasteiger partial charge in [-0.25, -0.2) is 4.98 Å². The number of hydrogen-bond acceptors (Lipinski definition) is 7. The van der Waals surface area contributed by atoms with Gasteiger partial charge in [-0.1, -0.05) is 39.3 Å². The van der Waals surface area contributed by atoms with E-state index in [4.69, 9.17) is 0 Å². The van der Waals surface area contributed by atoms with Gasteiger partial charge in [0, 0.05) is 11.3 Å². The molecular formula is C27H42N2O5S. The summed E-state index contributed by atoms with van der Waals surface area (Å²) in [7, 11) is 0. The summed E-state index contributed by atoms with van der Waals surface area (Å²) in [5.74, 6) is -1.27. The Morgan fingerprint density at radius 3 is 2.60 bits per heavy atom. The number of Topliss-reactive ketones (excluding diaryl/α,β-unsaturated/α-hetero) is 1. The summed E-state index contributed by atoms with van der Waals surface area (Å²) in [6.07, 6.45) is 4.98. The van der Waals surface area contributed by atoms with Crippen LogP contribution in [-0.4, -0.2) is 50.2 Å². The molecule has 5 atom stereocenters. The minimum absolute atomic E-state index is 0.0502. The van der Waals surface area contributed by atoms with E-state index in [2.05, 4.69) is 23.3 Å². The highest BCUT2D eigenvalue weighted by molar-refractivity contribution is 7.09. The molecule has 1 aliphatic rings. The van der Waals surface area contributed by atoms with E-state index in [1.54, 1.807) is 20.8 Å². The Morgan fingerprint density at radius 2 is 1.97 bits per heavy atom. The van der Waals surface area contributed by atoms with Crippen LogP contribution in [0.25, 0.3) is 6.08 Å². The van der Waals surface area contributed by atoms with E-state index < -0.39 is 23.5 Å². The summed E-state index contributed by atoms with van der Waals surface area (Å²) in [6, 6.07) is -0.296. The molecule has 0 radical (unpaired) electrons. The fourth-order valence-electron chi connectivity index (χ4n) is 4.53. The second kappa shape index (κ2) is 12.9. The second-order valence-electron chi connectivity index (χ2n) is 10.6. The van der Waals surface area contributed by atoms with Gasteiger partial charge in [-0.15, -0.1) is 11.3 Å². The highest BCUT2D eigenvalue weighted by Gasteiger charge is 2.42. The highest BCUT2D eigenvalue weighted by Crippen LogP contribution is 2.32. The maximum absolute atomic E-state index is 13.2. The minimum atomic E-state index is -1.18. The number of carbonyl (C=O) groups is 2. The molecule has 2 rings (SSSR count). The molecule has 35 heavy (non-hydrogen) atoms. The van der Waals surface area contributed by atoms with Crippen LogP contribution < -0.4 is 5.32 Å². The first-order chi connectivity index (χ1) is 16.4. The molecule has 0 aromatic carbocycles. The Labute approximate surface area is 213 Å². The molecular weight excluding hydrogens is 464 g/mol. The van der Waals surface area contributed by atoms with Gasteiger partial charge in [-0.2, -0.15) is 0 Å². The first kappa shape index (κ1) is 29.4. The van der Waals surface area contributed by atoms with Crippen LogP contribution in [0, 0.1) is 17.3 Å². The zero-order valence-corrected chi connectivity index (χ0v) is 22.7. The van der Waals surface area contributed by atoms with E-state index in [1.165, 1.54) is 16.9 Å². The predicted molar refractivity (Wildman–Crippen MR) is 140 cm³/mol. The van der Waals surface area contributed by atoms with Gasteiger partial charge in [0.15, 0.2) is 0 Å². The summed E-state index contributed by atoms with van der Waals surface area (Å²) >= 11 is 1.38. The lowest BCUT2D eigenvalue weighted by Gasteiger charge is -2.34. The van der Waals surface area contributed by atoms with Crippen LogP contribution in [0.3, 0.4) is 0 Å². The van der Waals surface area contributed by atoms with Gasteiger partial charge >= 0.3 is 0 Å². The summed E-state index contributed by atoms with van der Waals surface area (Å²) in [5.41, 5.74) is 1.67. The van der Waals surface area contributed by atoms with Crippen molar-refractivity contribution >= 4 is 29.1 Å². The molecule has 0 aliphatic carbocycles. The lowest BCUT2D eigenvalue weighted by molar-refractivity contribution is -0.143. The van der Waals surface area contributed by atoms with Gasteiger partial charge in [0.1, 0.15) is 10.8 Å². The van der Waals surface area contributed by atoms with E-state index in [0.29, 0.717) is 11.4 Å². The molecule has 0 bridgehead atoms. The third-order valence-electron chi connectivity index (χ3n) is 7.25. The van der Waals surface area contributed by atoms with Crippen LogP contribution in [-0.2, 0) is 16.2 Å². The molecule has 1 aromatic rings. The van der Waals surface area contributed by atoms with Gasteiger partial charge in [0.2, 0.25) is 5.91 Å². The lowest BCUT2D eigenvalue weighted by atomic mass is 9.73. The van der Waals surface area contributed by atoms with E-state index in [1.807, 2.05) is 25.3 Å². The summed E-state index contributed by atoms with van der Waals surface area (Å²) in [5, 5.41) is 36.5. The van der Waals surface area contributed by atoms with Crippen LogP contribution in [0.4, 0.5) is 0 Å². The standard InChI is InChI=1S/C27H42N2O5S/c1-16-8-7-9-17(2)25(33)19(4)26(34)27(5,6)22(31)13-23(32)29-21(11-10-16)18(3)12-20-15-35-24(14-30)28-20/h10,12,15,17,19,21-22,25,30-31,33H,7-9,11,13-14H2,1-6H3,(H,29,32)/t17-,19+,21-,22-,25-/m0/s1. The summed E-state index contributed by atoms with van der Waals surface area (Å²) in [6.45, 7) is 10.8. The van der Waals surface area contributed by atoms with Gasteiger partial charge < -0.3 is 20.6 Å². The lowest BCUT2D eigenvalue weighted by Crippen LogP contribution is -2.47. The molecule has 196 valence electrons. The topological polar surface area (TPSA) is 120 Å². The highest BCUT2D eigenvalue weighted by atomic mass is 32.1. The summed E-state index contributed by atoms with van der Waals surface area (Å²) < 4.78 is 0. The Hall–Kier alpha value is -1.87. The number of aromatic nitrogens is 1. The molecule has 4 N–H and O–H groups in total. The smallest absolute Gasteiger partial charge is 0.223 e. The fourth-order valence-corrected chi connectivity index (χ4v) is 5.14. The Morgan fingerprint density at radius 1 is 1.29 bits per heavy atom. The van der Waals surface area contributed by atoms with Crippen LogP contribution in [0.2, 0.25) is 0 Å². The quantitative estimate of drug-likeness (QED) is 0.460. The Balaban J connectivity index is 2.33. The Bertz CT molecular complexity index is 936. The zero-order chi connectivity index (χ0) is 26.3. The van der Waals surface area contributed by atoms with Crippen molar-refractivity contribution in [2.45, 2.75) is 98.5 Å². The average Bonchev–Trinajstić information content (AvgIpc) is 3.26. The normalized spacial score (nSPS) is 30.0. The van der Waals surface area contributed by atoms with Crippen LogP contribution >= 0.6 is 11.3 Å². The van der Waals surface area contributed by atoms with Crippen molar-refractivity contribution in [3.63, 3.8) is 0 Å². The van der Waals surface area contributed by atoms with E-state index in [9.17, 15) is 24.9 Å². The maximum atomic E-state index is 13.2. The monoisotopic (exact) mass is 506 g/mol. The molecule has 0 saturated carbocycles. The molecule has 0 fully saturated rings. The largest absolute Gasteiger partial charge is 0.392 e. The van der Waals surface area contributed by atoms with Gasteiger partial charge in [-0.3, -0.25) is 9.59 Å². The minimum Gasteiger partial charge on any atom is -0.392 e. The molecule has 7 nitrogen and oxygen atoms in total. The second-order valence-corrected chi connectivity index (χ2v) is 11.5. The van der Waals surface area contributed by atoms with Crippen molar-refractivity contribution in [1.82, 2.24) is 10.3 Å². The number of rotatable bonds is 3. The molecule has 8 heteroatoms. The first-order valence-electron chi connectivity index (χ1n) is 12.5. The molecule has 0 spiro atoms. The number of thiazole rings is 1. The number of carbonyl (C=O) groups excluding carboxylic acids is 2. The van der Waals surface area contributed by atoms with Crippen molar-refractivity contribution in [2.24, 2.45) is 17.3 Å². The zero-order valence-electron chi connectivity index (χ0n) is 21.9. The predicted octanol–water partition coefficient (Wildman–Crippen LogP) is 4.02. The summed E-state index contributed by atoms with van der Waals surface area (Å²) in [4.78, 5) is 30.5. The number of hydrogen-bond donors (Lipinski definition) is 4. The molecule has 0 saturated heterocycles. The number of allylic oxidation sites excluding steroid dienone is 1. The van der Waals surface area contributed by atoms with Crippen molar-refractivity contribution in [3.05, 3.63) is 33.3 Å². The first-order valence-corrected chi connectivity index (χ1v) is 13.3.